The minimum Gasteiger partial charge on any atom is -0.463 e. The number of hydrogen-bond acceptors (Lipinski definition) is 3. The predicted octanol–water partition coefficient (Wildman–Crippen LogP) is 2.13. The summed E-state index contributed by atoms with van der Waals surface area (Å²) in [6.45, 7) is 12.9. The normalized spacial score (nSPS) is 12.6. The highest BCUT2D eigenvalue weighted by Gasteiger charge is 2.09. The summed E-state index contributed by atoms with van der Waals surface area (Å²) in [6, 6.07) is 0.399. The van der Waals surface area contributed by atoms with E-state index >= 15 is 0 Å². The fourth-order valence-electron chi connectivity index (χ4n) is 1.39. The third kappa shape index (κ3) is 7.14. The highest BCUT2D eigenvalue weighted by atomic mass is 16.5. The van der Waals surface area contributed by atoms with Crippen molar-refractivity contribution >= 4 is 5.97 Å². The fraction of sp³-hybridized carbons (Fsp3) is 0.750. The largest absolute Gasteiger partial charge is 0.463 e. The van der Waals surface area contributed by atoms with Crippen LogP contribution in [0.1, 0.15) is 34.1 Å². The van der Waals surface area contributed by atoms with Gasteiger partial charge in [0.1, 0.15) is 0 Å². The second kappa shape index (κ2) is 7.46. The molecule has 15 heavy (non-hydrogen) atoms. The van der Waals surface area contributed by atoms with Crippen LogP contribution in [0.2, 0.25) is 0 Å². The summed E-state index contributed by atoms with van der Waals surface area (Å²) in [5.41, 5.74) is 0.493. The first kappa shape index (κ1) is 14.2. The average Bonchev–Trinajstić information content (AvgIpc) is 2.13. The van der Waals surface area contributed by atoms with Gasteiger partial charge in [0.05, 0.1) is 6.61 Å². The Morgan fingerprint density at radius 2 is 2.00 bits per heavy atom. The van der Waals surface area contributed by atoms with Crippen LogP contribution in [0.25, 0.3) is 0 Å². The fourth-order valence-corrected chi connectivity index (χ4v) is 1.39. The molecule has 3 nitrogen and oxygen atoms in total. The third-order valence-corrected chi connectivity index (χ3v) is 2.05. The number of carbonyl (C=O) groups excluding carboxylic acids is 1. The quantitative estimate of drug-likeness (QED) is 0.520. The smallest absolute Gasteiger partial charge is 0.334 e. The maximum absolute atomic E-state index is 11.2. The van der Waals surface area contributed by atoms with Gasteiger partial charge in [-0.15, -0.1) is 0 Å². The average molecular weight is 213 g/mol. The summed E-state index contributed by atoms with van der Waals surface area (Å²) >= 11 is 0. The van der Waals surface area contributed by atoms with Crippen LogP contribution in [0.4, 0.5) is 0 Å². The zero-order valence-electron chi connectivity index (χ0n) is 10.3. The van der Waals surface area contributed by atoms with E-state index in [1.54, 1.807) is 6.92 Å². The maximum Gasteiger partial charge on any atom is 0.334 e. The van der Waals surface area contributed by atoms with E-state index < -0.39 is 0 Å². The Kier molecular flexibility index (Phi) is 7.05. The standard InChI is InChI=1S/C12H23NO2/c1-6-15-12(14)10(4)8-13-11(5)7-9(2)3/h9,11,13H,4,6-8H2,1-3,5H3. The molecule has 0 heterocycles. The molecule has 0 aromatic rings. The van der Waals surface area contributed by atoms with Crippen molar-refractivity contribution in [3.63, 3.8) is 0 Å². The molecular weight excluding hydrogens is 190 g/mol. The molecule has 0 aromatic carbocycles. The molecule has 0 spiro atoms. The summed E-state index contributed by atoms with van der Waals surface area (Å²) in [5.74, 6) is 0.352. The van der Waals surface area contributed by atoms with E-state index in [1.807, 2.05) is 0 Å². The lowest BCUT2D eigenvalue weighted by molar-refractivity contribution is -0.138. The van der Waals surface area contributed by atoms with Gasteiger partial charge >= 0.3 is 5.97 Å². The first-order valence-corrected chi connectivity index (χ1v) is 5.55. The molecule has 0 rings (SSSR count). The molecule has 0 aromatic heterocycles. The lowest BCUT2D eigenvalue weighted by Crippen LogP contribution is -2.31. The van der Waals surface area contributed by atoms with Crippen LogP contribution in [0.3, 0.4) is 0 Å². The van der Waals surface area contributed by atoms with Gasteiger partial charge in [-0.3, -0.25) is 0 Å². The van der Waals surface area contributed by atoms with Crippen LogP contribution in [-0.4, -0.2) is 25.2 Å². The Labute approximate surface area is 92.9 Å². The predicted molar refractivity (Wildman–Crippen MR) is 62.7 cm³/mol. The van der Waals surface area contributed by atoms with Crippen molar-refractivity contribution in [2.24, 2.45) is 5.92 Å². The van der Waals surface area contributed by atoms with Gasteiger partial charge in [-0.05, 0) is 26.2 Å². The number of nitrogens with one attached hydrogen (secondary N) is 1. The zero-order chi connectivity index (χ0) is 11.8. The maximum atomic E-state index is 11.2. The van der Waals surface area contributed by atoms with Gasteiger partial charge in [0.2, 0.25) is 0 Å². The van der Waals surface area contributed by atoms with Crippen molar-refractivity contribution in [3.8, 4) is 0 Å². The topological polar surface area (TPSA) is 38.3 Å². The molecule has 0 saturated carbocycles. The van der Waals surface area contributed by atoms with Gasteiger partial charge in [0, 0.05) is 18.2 Å². The number of ether oxygens (including phenoxy) is 1. The van der Waals surface area contributed by atoms with Gasteiger partial charge in [0.25, 0.3) is 0 Å². The first-order valence-electron chi connectivity index (χ1n) is 5.55. The molecule has 0 aliphatic heterocycles. The molecular formula is C12H23NO2. The molecule has 1 N–H and O–H groups in total. The number of carbonyl (C=O) groups is 1. The third-order valence-electron chi connectivity index (χ3n) is 2.05. The van der Waals surface area contributed by atoms with Gasteiger partial charge in [0.15, 0.2) is 0 Å². The van der Waals surface area contributed by atoms with Gasteiger partial charge in [-0.2, -0.15) is 0 Å². The van der Waals surface area contributed by atoms with E-state index in [0.29, 0.717) is 30.7 Å². The minimum atomic E-state index is -0.304. The van der Waals surface area contributed by atoms with E-state index in [9.17, 15) is 4.79 Å². The zero-order valence-corrected chi connectivity index (χ0v) is 10.3. The molecule has 3 heteroatoms. The number of rotatable bonds is 7. The molecule has 1 atom stereocenters. The Hall–Kier alpha value is -0.830. The van der Waals surface area contributed by atoms with E-state index in [2.05, 4.69) is 32.7 Å². The lowest BCUT2D eigenvalue weighted by Gasteiger charge is -2.16. The van der Waals surface area contributed by atoms with E-state index in [0.717, 1.165) is 6.42 Å². The van der Waals surface area contributed by atoms with Gasteiger partial charge in [-0.25, -0.2) is 4.79 Å². The summed E-state index contributed by atoms with van der Waals surface area (Å²) < 4.78 is 4.84. The van der Waals surface area contributed by atoms with Crippen LogP contribution in [0, 0.1) is 5.92 Å². The van der Waals surface area contributed by atoms with Crippen molar-refractivity contribution in [1.29, 1.82) is 0 Å². The summed E-state index contributed by atoms with van der Waals surface area (Å²) in [6.07, 6.45) is 1.09. The van der Waals surface area contributed by atoms with Crippen molar-refractivity contribution in [2.45, 2.75) is 40.2 Å². The SMILES string of the molecule is C=C(CNC(C)CC(C)C)C(=O)OCC. The van der Waals surface area contributed by atoms with Crippen molar-refractivity contribution < 1.29 is 9.53 Å². The first-order chi connectivity index (χ1) is 6.97. The molecule has 0 fully saturated rings. The Morgan fingerprint density at radius 1 is 1.40 bits per heavy atom. The van der Waals surface area contributed by atoms with E-state index in [1.165, 1.54) is 0 Å². The molecule has 1 unspecified atom stereocenters. The van der Waals surface area contributed by atoms with E-state index in [4.69, 9.17) is 4.74 Å². The van der Waals surface area contributed by atoms with Crippen molar-refractivity contribution in [2.75, 3.05) is 13.2 Å². The summed E-state index contributed by atoms with van der Waals surface area (Å²) in [7, 11) is 0. The molecule has 0 saturated heterocycles. The summed E-state index contributed by atoms with van der Waals surface area (Å²) in [4.78, 5) is 11.2. The highest BCUT2D eigenvalue weighted by molar-refractivity contribution is 5.88. The molecule has 0 amide bonds. The molecule has 0 aliphatic rings. The second-order valence-corrected chi connectivity index (χ2v) is 4.24. The molecule has 0 aliphatic carbocycles. The van der Waals surface area contributed by atoms with Crippen LogP contribution in [-0.2, 0) is 9.53 Å². The van der Waals surface area contributed by atoms with Gasteiger partial charge < -0.3 is 10.1 Å². The van der Waals surface area contributed by atoms with Crippen LogP contribution >= 0.6 is 0 Å². The second-order valence-electron chi connectivity index (χ2n) is 4.24. The minimum absolute atomic E-state index is 0.304. The summed E-state index contributed by atoms with van der Waals surface area (Å²) in [5, 5.41) is 3.25. The van der Waals surface area contributed by atoms with E-state index in [-0.39, 0.29) is 5.97 Å². The van der Waals surface area contributed by atoms with Gasteiger partial charge in [-0.1, -0.05) is 20.4 Å². The molecule has 0 radical (unpaired) electrons. The monoisotopic (exact) mass is 213 g/mol. The molecule has 0 bridgehead atoms. The molecule has 88 valence electrons. The Bertz CT molecular complexity index is 212. The van der Waals surface area contributed by atoms with Crippen LogP contribution < -0.4 is 5.32 Å². The Balaban J connectivity index is 3.75. The number of hydrogen-bond donors (Lipinski definition) is 1. The highest BCUT2D eigenvalue weighted by Crippen LogP contribution is 2.04. The Morgan fingerprint density at radius 3 is 2.47 bits per heavy atom. The van der Waals surface area contributed by atoms with Crippen LogP contribution in [0.5, 0.6) is 0 Å². The number of esters is 1. The van der Waals surface area contributed by atoms with Crippen molar-refractivity contribution in [3.05, 3.63) is 12.2 Å². The van der Waals surface area contributed by atoms with Crippen molar-refractivity contribution in [1.82, 2.24) is 5.32 Å². The van der Waals surface area contributed by atoms with Crippen LogP contribution in [0.15, 0.2) is 12.2 Å². The lowest BCUT2D eigenvalue weighted by atomic mass is 10.1.